The summed E-state index contributed by atoms with van der Waals surface area (Å²) < 4.78 is 0. The van der Waals surface area contributed by atoms with E-state index in [1.807, 2.05) is 13.8 Å². The van der Waals surface area contributed by atoms with Crippen LogP contribution in [0.15, 0.2) is 4.79 Å². The topological polar surface area (TPSA) is 49.0 Å². The van der Waals surface area contributed by atoms with Crippen LogP contribution in [-0.4, -0.2) is 23.1 Å². The number of nitrogens with zero attached hydrogens (tertiary/aromatic N) is 2. The van der Waals surface area contributed by atoms with Crippen molar-refractivity contribution in [2.24, 2.45) is 5.92 Å². The van der Waals surface area contributed by atoms with Crippen LogP contribution in [0.4, 0.5) is 5.95 Å². The molecule has 0 bridgehead atoms. The molecule has 0 amide bonds. The minimum Gasteiger partial charge on any atom is -0.342 e. The van der Waals surface area contributed by atoms with E-state index in [-0.39, 0.29) is 5.56 Å². The van der Waals surface area contributed by atoms with Crippen molar-refractivity contribution < 1.29 is 0 Å². The Morgan fingerprint density at radius 2 is 1.94 bits per heavy atom. The Balaban J connectivity index is 2.24. The highest BCUT2D eigenvalue weighted by atomic mass is 16.1. The number of aryl methyl sites for hydroxylation is 1. The fourth-order valence-corrected chi connectivity index (χ4v) is 2.00. The van der Waals surface area contributed by atoms with Crippen LogP contribution < -0.4 is 10.5 Å². The molecule has 2 heterocycles. The van der Waals surface area contributed by atoms with Crippen LogP contribution in [0.3, 0.4) is 0 Å². The van der Waals surface area contributed by atoms with Crippen LogP contribution in [0, 0.1) is 19.8 Å². The number of H-pyrrole nitrogens is 1. The smallest absolute Gasteiger partial charge is 0.255 e. The van der Waals surface area contributed by atoms with Gasteiger partial charge >= 0.3 is 0 Å². The lowest BCUT2D eigenvalue weighted by Crippen LogP contribution is -2.35. The van der Waals surface area contributed by atoms with E-state index in [9.17, 15) is 4.79 Å². The predicted molar refractivity (Wildman–Crippen MR) is 64.9 cm³/mol. The molecule has 16 heavy (non-hydrogen) atoms. The molecule has 0 saturated carbocycles. The summed E-state index contributed by atoms with van der Waals surface area (Å²) in [4.78, 5) is 21.1. The van der Waals surface area contributed by atoms with Gasteiger partial charge < -0.3 is 4.90 Å². The Kier molecular flexibility index (Phi) is 2.99. The van der Waals surface area contributed by atoms with E-state index >= 15 is 0 Å². The number of piperidine rings is 1. The molecule has 1 saturated heterocycles. The van der Waals surface area contributed by atoms with E-state index in [1.165, 1.54) is 12.8 Å². The van der Waals surface area contributed by atoms with Gasteiger partial charge in [-0.1, -0.05) is 6.92 Å². The molecule has 0 spiro atoms. The van der Waals surface area contributed by atoms with Gasteiger partial charge in [0, 0.05) is 24.3 Å². The number of aromatic amines is 1. The molecule has 1 aliphatic rings. The summed E-state index contributed by atoms with van der Waals surface area (Å²) >= 11 is 0. The quantitative estimate of drug-likeness (QED) is 0.784. The number of anilines is 1. The fraction of sp³-hybridized carbons (Fsp3) is 0.667. The van der Waals surface area contributed by atoms with Crippen molar-refractivity contribution in [1.29, 1.82) is 0 Å². The van der Waals surface area contributed by atoms with Crippen LogP contribution in [0.5, 0.6) is 0 Å². The highest BCUT2D eigenvalue weighted by Gasteiger charge is 2.18. The molecule has 4 heteroatoms. The van der Waals surface area contributed by atoms with E-state index in [0.29, 0.717) is 5.56 Å². The zero-order chi connectivity index (χ0) is 11.7. The molecule has 0 unspecified atom stereocenters. The first kappa shape index (κ1) is 11.2. The average Bonchev–Trinajstić information content (AvgIpc) is 2.26. The Morgan fingerprint density at radius 1 is 1.31 bits per heavy atom. The highest BCUT2D eigenvalue weighted by Crippen LogP contribution is 2.19. The monoisotopic (exact) mass is 221 g/mol. The van der Waals surface area contributed by atoms with E-state index in [4.69, 9.17) is 0 Å². The summed E-state index contributed by atoms with van der Waals surface area (Å²) in [7, 11) is 0. The van der Waals surface area contributed by atoms with Crippen molar-refractivity contribution >= 4 is 5.95 Å². The van der Waals surface area contributed by atoms with Gasteiger partial charge in [0.05, 0.1) is 0 Å². The molecule has 0 aliphatic carbocycles. The standard InChI is InChI=1S/C12H19N3O/c1-8-4-6-15(7-5-8)12-13-10(3)9(2)11(16)14-12/h8H,4-7H2,1-3H3,(H,13,14,16). The highest BCUT2D eigenvalue weighted by molar-refractivity contribution is 5.33. The van der Waals surface area contributed by atoms with Gasteiger partial charge in [-0.25, -0.2) is 4.98 Å². The Bertz CT molecular complexity index is 430. The third-order valence-corrected chi connectivity index (χ3v) is 3.47. The molecule has 1 aromatic heterocycles. The van der Waals surface area contributed by atoms with E-state index < -0.39 is 0 Å². The molecule has 0 radical (unpaired) electrons. The molecule has 0 atom stereocenters. The third kappa shape index (κ3) is 2.10. The lowest BCUT2D eigenvalue weighted by molar-refractivity contribution is 0.434. The van der Waals surface area contributed by atoms with Crippen LogP contribution in [-0.2, 0) is 0 Å². The van der Waals surface area contributed by atoms with Gasteiger partial charge in [-0.15, -0.1) is 0 Å². The second kappa shape index (κ2) is 4.28. The number of hydrogen-bond donors (Lipinski definition) is 1. The zero-order valence-corrected chi connectivity index (χ0v) is 10.2. The lowest BCUT2D eigenvalue weighted by Gasteiger charge is -2.30. The first-order valence-electron chi connectivity index (χ1n) is 5.90. The maximum Gasteiger partial charge on any atom is 0.255 e. The number of rotatable bonds is 1. The third-order valence-electron chi connectivity index (χ3n) is 3.47. The van der Waals surface area contributed by atoms with Gasteiger partial charge in [0.25, 0.3) is 5.56 Å². The van der Waals surface area contributed by atoms with Gasteiger partial charge in [0.15, 0.2) is 0 Å². The molecule has 88 valence electrons. The van der Waals surface area contributed by atoms with Gasteiger partial charge in [0.1, 0.15) is 0 Å². The number of aromatic nitrogens is 2. The van der Waals surface area contributed by atoms with Crippen LogP contribution >= 0.6 is 0 Å². The second-order valence-electron chi connectivity index (χ2n) is 4.77. The maximum atomic E-state index is 11.6. The molecule has 1 aliphatic heterocycles. The van der Waals surface area contributed by atoms with E-state index in [0.717, 1.165) is 30.6 Å². The maximum absolute atomic E-state index is 11.6. The lowest BCUT2D eigenvalue weighted by atomic mass is 10.00. The first-order chi connectivity index (χ1) is 7.58. The van der Waals surface area contributed by atoms with Crippen LogP contribution in [0.1, 0.15) is 31.0 Å². The minimum atomic E-state index is -0.0129. The van der Waals surface area contributed by atoms with Crippen LogP contribution in [0.2, 0.25) is 0 Å². The first-order valence-corrected chi connectivity index (χ1v) is 5.90. The molecular formula is C12H19N3O. The Labute approximate surface area is 95.7 Å². The molecular weight excluding hydrogens is 202 g/mol. The SMILES string of the molecule is Cc1nc(N2CCC(C)CC2)[nH]c(=O)c1C. The second-order valence-corrected chi connectivity index (χ2v) is 4.77. The Morgan fingerprint density at radius 3 is 2.50 bits per heavy atom. The van der Waals surface area contributed by atoms with Gasteiger partial charge in [-0.2, -0.15) is 0 Å². The summed E-state index contributed by atoms with van der Waals surface area (Å²) in [5.41, 5.74) is 1.53. The molecule has 1 N–H and O–H groups in total. The summed E-state index contributed by atoms with van der Waals surface area (Å²) in [6, 6.07) is 0. The molecule has 0 aromatic carbocycles. The van der Waals surface area contributed by atoms with Crippen molar-refractivity contribution in [3.05, 3.63) is 21.6 Å². The summed E-state index contributed by atoms with van der Waals surface area (Å²) in [5.74, 6) is 1.52. The normalized spacial score (nSPS) is 17.8. The van der Waals surface area contributed by atoms with Crippen molar-refractivity contribution in [2.75, 3.05) is 18.0 Å². The van der Waals surface area contributed by atoms with Gasteiger partial charge in [0.2, 0.25) is 5.95 Å². The minimum absolute atomic E-state index is 0.0129. The van der Waals surface area contributed by atoms with Crippen molar-refractivity contribution in [1.82, 2.24) is 9.97 Å². The number of nitrogens with one attached hydrogen (secondary N) is 1. The predicted octanol–water partition coefficient (Wildman–Crippen LogP) is 1.62. The zero-order valence-electron chi connectivity index (χ0n) is 10.2. The van der Waals surface area contributed by atoms with Crippen molar-refractivity contribution in [3.63, 3.8) is 0 Å². The van der Waals surface area contributed by atoms with E-state index in [1.54, 1.807) is 0 Å². The Hall–Kier alpha value is -1.32. The molecule has 2 rings (SSSR count). The molecule has 4 nitrogen and oxygen atoms in total. The molecule has 1 fully saturated rings. The van der Waals surface area contributed by atoms with Gasteiger partial charge in [-0.3, -0.25) is 9.78 Å². The summed E-state index contributed by atoms with van der Waals surface area (Å²) in [5, 5.41) is 0. The van der Waals surface area contributed by atoms with Crippen LogP contribution in [0.25, 0.3) is 0 Å². The average molecular weight is 221 g/mol. The summed E-state index contributed by atoms with van der Waals surface area (Å²) in [6.07, 6.45) is 2.35. The van der Waals surface area contributed by atoms with E-state index in [2.05, 4.69) is 21.8 Å². The fourth-order valence-electron chi connectivity index (χ4n) is 2.00. The van der Waals surface area contributed by atoms with Crippen molar-refractivity contribution in [3.8, 4) is 0 Å². The number of hydrogen-bond acceptors (Lipinski definition) is 3. The van der Waals surface area contributed by atoms with Gasteiger partial charge in [-0.05, 0) is 32.6 Å². The summed E-state index contributed by atoms with van der Waals surface area (Å²) in [6.45, 7) is 7.96. The van der Waals surface area contributed by atoms with Crippen molar-refractivity contribution in [2.45, 2.75) is 33.6 Å². The molecule has 1 aromatic rings. The largest absolute Gasteiger partial charge is 0.342 e.